The molecule has 1 aromatic heterocycles. The summed E-state index contributed by atoms with van der Waals surface area (Å²) in [6.07, 6.45) is 3.64. The van der Waals surface area contributed by atoms with Crippen LogP contribution >= 0.6 is 35.4 Å². The van der Waals surface area contributed by atoms with E-state index in [0.717, 1.165) is 36.7 Å². The van der Waals surface area contributed by atoms with Crippen molar-refractivity contribution in [1.29, 1.82) is 0 Å². The van der Waals surface area contributed by atoms with Crippen LogP contribution in [0.5, 0.6) is 0 Å². The largest absolute Gasteiger partial charge is 0.441 e. The number of nitrogens with zero attached hydrogens (tertiary/aromatic N) is 2. The number of hydrogen-bond donors (Lipinski definition) is 1. The number of thiocarbonyl (C=S) groups is 1. The normalized spacial score (nSPS) is 18.9. The van der Waals surface area contributed by atoms with E-state index in [1.165, 1.54) is 6.08 Å². The molecule has 0 aliphatic carbocycles. The zero-order valence-corrected chi connectivity index (χ0v) is 16.9. The molecule has 28 heavy (non-hydrogen) atoms. The van der Waals surface area contributed by atoms with Gasteiger partial charge in [-0.25, -0.2) is 0 Å². The minimum Gasteiger partial charge on any atom is -0.441 e. The van der Waals surface area contributed by atoms with Crippen molar-refractivity contribution in [3.8, 4) is 0 Å². The summed E-state index contributed by atoms with van der Waals surface area (Å²) in [5.74, 6) is -0.0656. The molecule has 144 valence electrons. The molecule has 9 heteroatoms. The molecule has 2 fully saturated rings. The third-order valence-corrected chi connectivity index (χ3v) is 5.68. The second-order valence-corrected chi connectivity index (χ2v) is 7.57. The average Bonchev–Trinajstić information content (AvgIpc) is 3.33. The molecule has 2 aliphatic heterocycles. The number of nitrogens with one attached hydrogen (secondary N) is 1. The van der Waals surface area contributed by atoms with Crippen LogP contribution < -0.4 is 15.1 Å². The highest BCUT2D eigenvalue weighted by atomic mass is 35.5. The molecule has 2 amide bonds. The van der Waals surface area contributed by atoms with Gasteiger partial charge in [0, 0.05) is 19.2 Å². The third-order valence-electron chi connectivity index (χ3n) is 4.59. The molecule has 4 rings (SSSR count). The van der Waals surface area contributed by atoms with E-state index in [2.05, 4.69) is 10.2 Å². The van der Waals surface area contributed by atoms with Crippen LogP contribution in [0.3, 0.4) is 0 Å². The first kappa shape index (κ1) is 19.0. The Kier molecular flexibility index (Phi) is 5.14. The van der Waals surface area contributed by atoms with Crippen molar-refractivity contribution in [1.82, 2.24) is 5.32 Å². The highest BCUT2D eigenvalue weighted by Crippen LogP contribution is 2.34. The fourth-order valence-electron chi connectivity index (χ4n) is 3.21. The summed E-state index contributed by atoms with van der Waals surface area (Å²) >= 11 is 17.5. The zero-order chi connectivity index (χ0) is 19.8. The first-order chi connectivity index (χ1) is 13.5. The van der Waals surface area contributed by atoms with E-state index in [9.17, 15) is 9.59 Å². The summed E-state index contributed by atoms with van der Waals surface area (Å²) in [7, 11) is 0. The summed E-state index contributed by atoms with van der Waals surface area (Å²) in [6, 6.07) is 8.41. The van der Waals surface area contributed by atoms with Gasteiger partial charge in [-0.2, -0.15) is 0 Å². The van der Waals surface area contributed by atoms with E-state index in [-0.39, 0.29) is 20.7 Å². The van der Waals surface area contributed by atoms with Gasteiger partial charge in [0.15, 0.2) is 11.0 Å². The number of carbonyl (C=O) groups excluding carboxylic acids is 2. The van der Waals surface area contributed by atoms with Gasteiger partial charge in [-0.1, -0.05) is 29.3 Å². The molecular weight excluding hydrogens is 421 g/mol. The van der Waals surface area contributed by atoms with E-state index in [4.69, 9.17) is 39.8 Å². The fraction of sp³-hybridized carbons (Fsp3) is 0.211. The fourth-order valence-corrected chi connectivity index (χ4v) is 3.86. The first-order valence-corrected chi connectivity index (χ1v) is 9.82. The second kappa shape index (κ2) is 7.58. The van der Waals surface area contributed by atoms with Gasteiger partial charge in [-0.05, 0) is 49.3 Å². The van der Waals surface area contributed by atoms with Crippen molar-refractivity contribution in [3.63, 3.8) is 0 Å². The second-order valence-electron chi connectivity index (χ2n) is 6.40. The smallest absolute Gasteiger partial charge is 0.270 e. The van der Waals surface area contributed by atoms with E-state index in [1.54, 1.807) is 24.3 Å². The van der Waals surface area contributed by atoms with Crippen molar-refractivity contribution in [2.75, 3.05) is 22.9 Å². The van der Waals surface area contributed by atoms with Crippen LogP contribution in [0, 0.1) is 0 Å². The minimum atomic E-state index is -0.600. The number of carbonyl (C=O) groups is 2. The van der Waals surface area contributed by atoms with Gasteiger partial charge >= 0.3 is 0 Å². The van der Waals surface area contributed by atoms with Gasteiger partial charge in [0.1, 0.15) is 11.3 Å². The van der Waals surface area contributed by atoms with E-state index >= 15 is 0 Å². The lowest BCUT2D eigenvalue weighted by molar-refractivity contribution is -0.122. The summed E-state index contributed by atoms with van der Waals surface area (Å²) in [5, 5.41) is 2.90. The Morgan fingerprint density at radius 3 is 2.61 bits per heavy atom. The molecule has 0 atom stereocenters. The van der Waals surface area contributed by atoms with Crippen LogP contribution in [0.1, 0.15) is 18.6 Å². The molecule has 2 aromatic rings. The van der Waals surface area contributed by atoms with Crippen molar-refractivity contribution < 1.29 is 14.0 Å². The minimum absolute atomic E-state index is 0.0616. The predicted octanol–water partition coefficient (Wildman–Crippen LogP) is 4.02. The number of furan rings is 1. The Labute approximate surface area is 176 Å². The van der Waals surface area contributed by atoms with E-state index in [0.29, 0.717) is 11.4 Å². The Hall–Kier alpha value is -2.35. The zero-order valence-electron chi connectivity index (χ0n) is 14.6. The molecule has 6 nitrogen and oxygen atoms in total. The van der Waals surface area contributed by atoms with Gasteiger partial charge in [-0.3, -0.25) is 19.8 Å². The van der Waals surface area contributed by atoms with E-state index < -0.39 is 11.8 Å². The number of rotatable bonds is 3. The van der Waals surface area contributed by atoms with Gasteiger partial charge < -0.3 is 9.32 Å². The van der Waals surface area contributed by atoms with Crippen LogP contribution in [0.25, 0.3) is 6.08 Å². The Bertz CT molecular complexity index is 1010. The number of benzene rings is 1. The topological polar surface area (TPSA) is 65.8 Å². The van der Waals surface area contributed by atoms with E-state index in [1.807, 2.05) is 6.07 Å². The molecular formula is C19H15Cl2N3O3S. The molecule has 0 spiro atoms. The summed E-state index contributed by atoms with van der Waals surface area (Å²) in [4.78, 5) is 28.7. The van der Waals surface area contributed by atoms with Crippen molar-refractivity contribution in [2.45, 2.75) is 12.8 Å². The Morgan fingerprint density at radius 2 is 1.86 bits per heavy atom. The van der Waals surface area contributed by atoms with Crippen molar-refractivity contribution in [3.05, 3.63) is 51.7 Å². The lowest BCUT2D eigenvalue weighted by Crippen LogP contribution is -2.54. The van der Waals surface area contributed by atoms with Crippen molar-refractivity contribution in [2.24, 2.45) is 0 Å². The molecule has 2 aliphatic rings. The van der Waals surface area contributed by atoms with Gasteiger partial charge in [-0.15, -0.1) is 0 Å². The highest BCUT2D eigenvalue weighted by molar-refractivity contribution is 7.80. The maximum Gasteiger partial charge on any atom is 0.270 e. The van der Waals surface area contributed by atoms with Gasteiger partial charge in [0.05, 0.1) is 15.7 Å². The summed E-state index contributed by atoms with van der Waals surface area (Å²) in [6.45, 7) is 1.86. The lowest BCUT2D eigenvalue weighted by Gasteiger charge is -2.29. The summed E-state index contributed by atoms with van der Waals surface area (Å²) in [5.41, 5.74) is 0.194. The maximum absolute atomic E-state index is 13.0. The number of amides is 2. The quantitative estimate of drug-likeness (QED) is 0.448. The lowest BCUT2D eigenvalue weighted by atomic mass is 10.1. The van der Waals surface area contributed by atoms with Crippen LogP contribution in [0.15, 0.2) is 40.3 Å². The molecule has 0 radical (unpaired) electrons. The SMILES string of the molecule is O=C1NC(=S)N(c2cccc(Cl)c2Cl)C(=O)/C1=C\c1ccc(N2CCCC2)o1. The maximum atomic E-state index is 13.0. The summed E-state index contributed by atoms with van der Waals surface area (Å²) < 4.78 is 5.80. The third kappa shape index (κ3) is 3.41. The predicted molar refractivity (Wildman–Crippen MR) is 113 cm³/mol. The van der Waals surface area contributed by atoms with Crippen LogP contribution in [0.2, 0.25) is 10.0 Å². The van der Waals surface area contributed by atoms with Crippen molar-refractivity contribution >= 4 is 70.0 Å². The Morgan fingerprint density at radius 1 is 1.11 bits per heavy atom. The number of hydrogen-bond acceptors (Lipinski definition) is 5. The monoisotopic (exact) mass is 435 g/mol. The first-order valence-electron chi connectivity index (χ1n) is 8.66. The number of halogens is 2. The van der Waals surface area contributed by atoms with Gasteiger partial charge in [0.25, 0.3) is 11.8 Å². The molecule has 1 aromatic carbocycles. The molecule has 2 saturated heterocycles. The number of anilines is 2. The van der Waals surface area contributed by atoms with Crippen LogP contribution in [-0.2, 0) is 9.59 Å². The van der Waals surface area contributed by atoms with Crippen LogP contribution in [0.4, 0.5) is 11.6 Å². The highest BCUT2D eigenvalue weighted by Gasteiger charge is 2.36. The van der Waals surface area contributed by atoms with Crippen LogP contribution in [-0.4, -0.2) is 30.0 Å². The average molecular weight is 436 g/mol. The molecule has 0 bridgehead atoms. The van der Waals surface area contributed by atoms with Gasteiger partial charge in [0.2, 0.25) is 0 Å². The molecule has 0 saturated carbocycles. The molecule has 3 heterocycles. The standard InChI is InChI=1S/C19H15Cl2N3O3S/c20-13-4-3-5-14(16(13)21)24-18(26)12(17(25)22-19(24)28)10-11-6-7-15(27-11)23-8-1-2-9-23/h3-7,10H,1-2,8-9H2,(H,22,25,28)/b12-10-. The molecule has 1 N–H and O–H groups in total. The molecule has 0 unspecified atom stereocenters. The Balaban J connectivity index is 1.68.